The first-order chi connectivity index (χ1) is 9.22. The van der Waals surface area contributed by atoms with Crippen LogP contribution < -0.4 is 5.32 Å². The van der Waals surface area contributed by atoms with Crippen molar-refractivity contribution in [2.75, 3.05) is 25.6 Å². The molecule has 1 atom stereocenters. The average Bonchev–Trinajstić information content (AvgIpc) is 2.44. The van der Waals surface area contributed by atoms with Crippen LogP contribution in [0.2, 0.25) is 0 Å². The van der Waals surface area contributed by atoms with Crippen molar-refractivity contribution < 1.29 is 14.6 Å². The fourth-order valence-corrected chi connectivity index (χ4v) is 2.00. The van der Waals surface area contributed by atoms with Gasteiger partial charge in [-0.3, -0.25) is 0 Å². The monoisotopic (exact) mass is 266 g/mol. The van der Waals surface area contributed by atoms with Crippen molar-refractivity contribution in [1.82, 2.24) is 4.98 Å². The molecule has 0 fully saturated rings. The number of aliphatic hydroxyl groups is 1. The van der Waals surface area contributed by atoms with Crippen LogP contribution in [0.5, 0.6) is 0 Å². The Morgan fingerprint density at radius 2 is 2.32 bits per heavy atom. The third-order valence-electron chi connectivity index (χ3n) is 3.01. The van der Waals surface area contributed by atoms with Gasteiger partial charge in [-0.1, -0.05) is 13.3 Å². The molecule has 1 heterocycles. The van der Waals surface area contributed by atoms with Gasteiger partial charge in [-0.2, -0.15) is 0 Å². The zero-order chi connectivity index (χ0) is 14.1. The van der Waals surface area contributed by atoms with Gasteiger partial charge in [0.2, 0.25) is 0 Å². The van der Waals surface area contributed by atoms with Crippen molar-refractivity contribution in [3.05, 3.63) is 23.9 Å². The first-order valence-electron chi connectivity index (χ1n) is 6.61. The summed E-state index contributed by atoms with van der Waals surface area (Å²) in [5, 5.41) is 12.2. The van der Waals surface area contributed by atoms with Gasteiger partial charge in [0, 0.05) is 19.3 Å². The van der Waals surface area contributed by atoms with Gasteiger partial charge in [0.1, 0.15) is 11.4 Å². The minimum atomic E-state index is -0.398. The predicted molar refractivity (Wildman–Crippen MR) is 74.2 cm³/mol. The molecule has 0 amide bonds. The molecule has 19 heavy (non-hydrogen) atoms. The van der Waals surface area contributed by atoms with E-state index in [1.807, 2.05) is 0 Å². The topological polar surface area (TPSA) is 71.5 Å². The van der Waals surface area contributed by atoms with E-state index in [1.165, 1.54) is 7.11 Å². The molecule has 0 aromatic carbocycles. The first kappa shape index (κ1) is 15.4. The van der Waals surface area contributed by atoms with E-state index in [0.717, 1.165) is 19.3 Å². The zero-order valence-electron chi connectivity index (χ0n) is 11.6. The van der Waals surface area contributed by atoms with Crippen LogP contribution in [0.1, 0.15) is 36.5 Å². The van der Waals surface area contributed by atoms with E-state index in [-0.39, 0.29) is 6.61 Å². The van der Waals surface area contributed by atoms with Gasteiger partial charge in [0.15, 0.2) is 0 Å². The second-order valence-corrected chi connectivity index (χ2v) is 4.44. The van der Waals surface area contributed by atoms with Gasteiger partial charge in [0.25, 0.3) is 0 Å². The van der Waals surface area contributed by atoms with Crippen LogP contribution >= 0.6 is 0 Å². The molecule has 1 aromatic rings. The lowest BCUT2D eigenvalue weighted by molar-refractivity contribution is 0.0601. The minimum Gasteiger partial charge on any atom is -0.465 e. The van der Waals surface area contributed by atoms with Crippen molar-refractivity contribution in [3.8, 4) is 0 Å². The third kappa shape index (κ3) is 4.87. The average molecular weight is 266 g/mol. The normalized spacial score (nSPS) is 11.9. The van der Waals surface area contributed by atoms with E-state index < -0.39 is 5.97 Å². The number of rotatable bonds is 8. The Bertz CT molecular complexity index is 390. The van der Waals surface area contributed by atoms with E-state index in [0.29, 0.717) is 23.8 Å². The molecular weight excluding hydrogens is 244 g/mol. The van der Waals surface area contributed by atoms with Crippen LogP contribution in [0.3, 0.4) is 0 Å². The van der Waals surface area contributed by atoms with E-state index in [4.69, 9.17) is 9.84 Å². The van der Waals surface area contributed by atoms with Crippen LogP contribution in [-0.2, 0) is 4.74 Å². The van der Waals surface area contributed by atoms with Crippen LogP contribution in [-0.4, -0.2) is 36.3 Å². The second kappa shape index (κ2) is 8.48. The maximum Gasteiger partial charge on any atom is 0.341 e. The summed E-state index contributed by atoms with van der Waals surface area (Å²) in [5.74, 6) is 0.515. The maximum absolute atomic E-state index is 11.6. The number of nitrogens with one attached hydrogen (secondary N) is 1. The Morgan fingerprint density at radius 1 is 1.53 bits per heavy atom. The number of hydrogen-bond donors (Lipinski definition) is 2. The van der Waals surface area contributed by atoms with Crippen molar-refractivity contribution >= 4 is 11.8 Å². The van der Waals surface area contributed by atoms with Gasteiger partial charge in [-0.25, -0.2) is 9.78 Å². The molecule has 0 bridgehead atoms. The van der Waals surface area contributed by atoms with Crippen LogP contribution in [0.25, 0.3) is 0 Å². The van der Waals surface area contributed by atoms with E-state index in [1.54, 1.807) is 18.3 Å². The summed E-state index contributed by atoms with van der Waals surface area (Å²) in [7, 11) is 1.35. The molecule has 5 heteroatoms. The molecule has 1 unspecified atom stereocenters. The van der Waals surface area contributed by atoms with Crippen LogP contribution in [0, 0.1) is 5.92 Å². The molecule has 1 aromatic heterocycles. The Labute approximate surface area is 114 Å². The highest BCUT2D eigenvalue weighted by Crippen LogP contribution is 2.16. The van der Waals surface area contributed by atoms with Crippen molar-refractivity contribution in [2.45, 2.75) is 26.2 Å². The Morgan fingerprint density at radius 3 is 2.95 bits per heavy atom. The molecule has 0 aliphatic heterocycles. The summed E-state index contributed by atoms with van der Waals surface area (Å²) in [4.78, 5) is 15.8. The van der Waals surface area contributed by atoms with Gasteiger partial charge in [-0.05, 0) is 30.9 Å². The van der Waals surface area contributed by atoms with Gasteiger partial charge in [-0.15, -0.1) is 0 Å². The summed E-state index contributed by atoms with van der Waals surface area (Å²) in [6.07, 6.45) is 4.49. The molecule has 2 N–H and O–H groups in total. The smallest absolute Gasteiger partial charge is 0.341 e. The van der Waals surface area contributed by atoms with Gasteiger partial charge in [0.05, 0.1) is 7.11 Å². The summed E-state index contributed by atoms with van der Waals surface area (Å²) in [5.41, 5.74) is 0.434. The lowest BCUT2D eigenvalue weighted by atomic mass is 10.0. The molecule has 0 aliphatic carbocycles. The first-order valence-corrected chi connectivity index (χ1v) is 6.61. The van der Waals surface area contributed by atoms with Gasteiger partial charge < -0.3 is 15.2 Å². The number of methoxy groups -OCH3 is 1. The lowest BCUT2D eigenvalue weighted by Crippen LogP contribution is -2.18. The number of hydrogen-bond acceptors (Lipinski definition) is 5. The zero-order valence-corrected chi connectivity index (χ0v) is 11.6. The van der Waals surface area contributed by atoms with Crippen molar-refractivity contribution in [2.24, 2.45) is 5.92 Å². The number of aliphatic hydroxyl groups excluding tert-OH is 1. The number of carbonyl (C=O) groups is 1. The summed E-state index contributed by atoms with van der Waals surface area (Å²) in [6, 6.07) is 3.39. The minimum absolute atomic E-state index is 0.179. The number of ether oxygens (including phenoxy) is 1. The number of pyridine rings is 1. The molecule has 106 valence electrons. The summed E-state index contributed by atoms with van der Waals surface area (Å²) >= 11 is 0. The largest absolute Gasteiger partial charge is 0.465 e. The van der Waals surface area contributed by atoms with Crippen molar-refractivity contribution in [3.63, 3.8) is 0 Å². The van der Waals surface area contributed by atoms with E-state index >= 15 is 0 Å². The molecule has 5 nitrogen and oxygen atoms in total. The molecule has 0 saturated carbocycles. The molecule has 0 aliphatic rings. The third-order valence-corrected chi connectivity index (χ3v) is 3.01. The molecule has 0 radical (unpaired) electrons. The van der Waals surface area contributed by atoms with Crippen LogP contribution in [0.4, 0.5) is 5.82 Å². The number of esters is 1. The van der Waals surface area contributed by atoms with Crippen molar-refractivity contribution in [1.29, 1.82) is 0 Å². The number of carbonyl (C=O) groups excluding carboxylic acids is 1. The highest BCUT2D eigenvalue weighted by molar-refractivity contribution is 5.94. The summed E-state index contributed by atoms with van der Waals surface area (Å²) < 4.78 is 4.72. The lowest BCUT2D eigenvalue weighted by Gasteiger charge is -2.17. The fraction of sp³-hybridized carbons (Fsp3) is 0.571. The fourth-order valence-electron chi connectivity index (χ4n) is 2.00. The Balaban J connectivity index is 2.68. The van der Waals surface area contributed by atoms with E-state index in [9.17, 15) is 4.79 Å². The molecular formula is C14H22N2O3. The predicted octanol–water partition coefficient (Wildman–Crippen LogP) is 2.08. The van der Waals surface area contributed by atoms with Gasteiger partial charge >= 0.3 is 5.97 Å². The standard InChI is InChI=1S/C14H22N2O3/c1-3-5-11(7-9-17)10-16-13-12(14(18)19-2)6-4-8-15-13/h4,6,8,11,17H,3,5,7,9-10H2,1-2H3,(H,15,16). The quantitative estimate of drug-likeness (QED) is 0.705. The number of aromatic nitrogens is 1. The molecule has 0 spiro atoms. The molecule has 0 saturated heterocycles. The summed E-state index contributed by atoms with van der Waals surface area (Å²) in [6.45, 7) is 2.98. The van der Waals surface area contributed by atoms with Crippen LogP contribution in [0.15, 0.2) is 18.3 Å². The highest BCUT2D eigenvalue weighted by Gasteiger charge is 2.14. The SMILES string of the molecule is CCCC(CCO)CNc1ncccc1C(=O)OC. The number of nitrogens with zero attached hydrogens (tertiary/aromatic N) is 1. The second-order valence-electron chi connectivity index (χ2n) is 4.44. The maximum atomic E-state index is 11.6. The van der Waals surface area contributed by atoms with E-state index in [2.05, 4.69) is 17.2 Å². The highest BCUT2D eigenvalue weighted by atomic mass is 16.5. The molecule has 1 rings (SSSR count). The Kier molecular flexibility index (Phi) is 6.89. The Hall–Kier alpha value is -1.62. The number of anilines is 1.